The summed E-state index contributed by atoms with van der Waals surface area (Å²) in [4.78, 5) is 29.8. The average molecular weight is 499 g/mol. The Bertz CT molecular complexity index is 1100. The number of piperidine rings is 1. The van der Waals surface area contributed by atoms with Crippen LogP contribution in [-0.2, 0) is 9.53 Å². The van der Waals surface area contributed by atoms with Crippen molar-refractivity contribution >= 4 is 40.0 Å². The molecule has 3 aromatic rings. The maximum Gasteiger partial charge on any atom is 0.309 e. The molecular formula is C26H30N2O4S2. The van der Waals surface area contributed by atoms with E-state index in [-0.39, 0.29) is 29.6 Å². The van der Waals surface area contributed by atoms with Crippen LogP contribution in [0, 0.1) is 12.8 Å². The average Bonchev–Trinajstić information content (AvgIpc) is 3.51. The molecule has 1 N–H and O–H groups in total. The number of nitrogens with zero attached hydrogens (tertiary/aromatic N) is 1. The SMILES string of the molecule is CCOC(=O)C1CCN(C(c2ccc(SC)cc2)c2cc(C)sc2NC(=O)c2ccco2)CC1. The van der Waals surface area contributed by atoms with Crippen LogP contribution in [0.3, 0.4) is 0 Å². The number of furan rings is 1. The van der Waals surface area contributed by atoms with E-state index >= 15 is 0 Å². The Kier molecular flexibility index (Phi) is 8.13. The highest BCUT2D eigenvalue weighted by atomic mass is 32.2. The molecule has 0 radical (unpaired) electrons. The van der Waals surface area contributed by atoms with Gasteiger partial charge in [0, 0.05) is 15.3 Å². The second-order valence-corrected chi connectivity index (χ2v) is 10.4. The van der Waals surface area contributed by atoms with Crippen LogP contribution in [-0.4, -0.2) is 42.7 Å². The lowest BCUT2D eigenvalue weighted by Gasteiger charge is -2.37. The van der Waals surface area contributed by atoms with Crippen LogP contribution in [0.1, 0.15) is 52.4 Å². The lowest BCUT2D eigenvalue weighted by atomic mass is 9.92. The lowest BCUT2D eigenvalue weighted by molar-refractivity contribution is -0.149. The molecule has 8 heteroatoms. The van der Waals surface area contributed by atoms with E-state index < -0.39 is 0 Å². The lowest BCUT2D eigenvalue weighted by Crippen LogP contribution is -2.39. The van der Waals surface area contributed by atoms with Gasteiger partial charge in [-0.05, 0) is 81.9 Å². The van der Waals surface area contributed by atoms with Gasteiger partial charge in [-0.15, -0.1) is 23.1 Å². The zero-order valence-electron chi connectivity index (χ0n) is 19.7. The van der Waals surface area contributed by atoms with Gasteiger partial charge in [0.25, 0.3) is 5.91 Å². The molecule has 0 spiro atoms. The third-order valence-corrected chi connectivity index (χ3v) is 7.82. The van der Waals surface area contributed by atoms with Gasteiger partial charge >= 0.3 is 5.97 Å². The van der Waals surface area contributed by atoms with Crippen LogP contribution in [0.25, 0.3) is 0 Å². The summed E-state index contributed by atoms with van der Waals surface area (Å²) in [5.74, 6) is -0.127. The first-order chi connectivity index (χ1) is 16.5. The first-order valence-electron chi connectivity index (χ1n) is 11.5. The van der Waals surface area contributed by atoms with E-state index in [0.29, 0.717) is 6.61 Å². The molecule has 34 heavy (non-hydrogen) atoms. The number of thiophene rings is 1. The van der Waals surface area contributed by atoms with Crippen LogP contribution in [0.15, 0.2) is 58.0 Å². The first kappa shape index (κ1) is 24.6. The summed E-state index contributed by atoms with van der Waals surface area (Å²) in [7, 11) is 0. The molecule has 1 unspecified atom stereocenters. The minimum absolute atomic E-state index is 0.0316. The van der Waals surface area contributed by atoms with Crippen molar-refractivity contribution in [2.45, 2.75) is 37.6 Å². The number of ether oxygens (including phenoxy) is 1. The fourth-order valence-corrected chi connectivity index (χ4v) is 5.78. The molecule has 1 saturated heterocycles. The fourth-order valence-electron chi connectivity index (χ4n) is 4.43. The molecule has 3 heterocycles. The zero-order valence-corrected chi connectivity index (χ0v) is 21.3. The topological polar surface area (TPSA) is 71.8 Å². The van der Waals surface area contributed by atoms with Gasteiger partial charge in [0.15, 0.2) is 5.76 Å². The minimum Gasteiger partial charge on any atom is -0.466 e. The molecule has 0 bridgehead atoms. The molecule has 1 aliphatic rings. The molecule has 6 nitrogen and oxygen atoms in total. The number of carbonyl (C=O) groups excluding carboxylic acids is 2. The highest BCUT2D eigenvalue weighted by Crippen LogP contribution is 2.41. The van der Waals surface area contributed by atoms with E-state index in [0.717, 1.165) is 41.4 Å². The van der Waals surface area contributed by atoms with Crippen LogP contribution in [0.2, 0.25) is 0 Å². The number of benzene rings is 1. The van der Waals surface area contributed by atoms with Gasteiger partial charge in [-0.25, -0.2) is 0 Å². The molecule has 180 valence electrons. The van der Waals surface area contributed by atoms with Crippen molar-refractivity contribution < 1.29 is 18.7 Å². The Balaban J connectivity index is 1.64. The standard InChI is InChI=1S/C26H30N2O4S2/c1-4-31-26(30)19-11-13-28(14-12-19)23(18-7-9-20(33-3)10-8-18)21-16-17(2)34-25(21)27-24(29)22-6-5-15-32-22/h5-10,15-16,19,23H,4,11-14H2,1-3H3,(H,27,29). The maximum absolute atomic E-state index is 12.8. The number of nitrogens with one attached hydrogen (secondary N) is 1. The summed E-state index contributed by atoms with van der Waals surface area (Å²) in [5, 5.41) is 3.89. The highest BCUT2D eigenvalue weighted by molar-refractivity contribution is 7.98. The zero-order chi connectivity index (χ0) is 24.1. The normalized spacial score (nSPS) is 15.7. The van der Waals surface area contributed by atoms with E-state index in [4.69, 9.17) is 9.15 Å². The smallest absolute Gasteiger partial charge is 0.309 e. The van der Waals surface area contributed by atoms with Crippen molar-refractivity contribution in [3.63, 3.8) is 0 Å². The summed E-state index contributed by atoms with van der Waals surface area (Å²) in [5.41, 5.74) is 2.23. The summed E-state index contributed by atoms with van der Waals surface area (Å²) in [6.45, 7) is 5.87. The number of aryl methyl sites for hydroxylation is 1. The molecular weight excluding hydrogens is 468 g/mol. The number of hydrogen-bond acceptors (Lipinski definition) is 7. The Hall–Kier alpha value is -2.55. The summed E-state index contributed by atoms with van der Waals surface area (Å²) < 4.78 is 10.6. The van der Waals surface area contributed by atoms with Gasteiger partial charge in [-0.2, -0.15) is 0 Å². The van der Waals surface area contributed by atoms with E-state index in [9.17, 15) is 9.59 Å². The van der Waals surface area contributed by atoms with Crippen molar-refractivity contribution in [2.75, 3.05) is 31.3 Å². The molecule has 2 aromatic heterocycles. The second kappa shape index (κ2) is 11.3. The number of anilines is 1. The molecule has 1 aromatic carbocycles. The number of likely N-dealkylation sites (tertiary alicyclic amines) is 1. The molecule has 0 saturated carbocycles. The van der Waals surface area contributed by atoms with E-state index in [1.807, 2.05) is 6.92 Å². The molecule has 0 aliphatic carbocycles. The van der Waals surface area contributed by atoms with Crippen LogP contribution in [0.4, 0.5) is 5.00 Å². The number of carbonyl (C=O) groups is 2. The quantitative estimate of drug-likeness (QED) is 0.304. The predicted molar refractivity (Wildman–Crippen MR) is 137 cm³/mol. The van der Waals surface area contributed by atoms with E-state index in [1.54, 1.807) is 35.2 Å². The third-order valence-electron chi connectivity index (χ3n) is 6.10. The van der Waals surface area contributed by atoms with Gasteiger partial charge in [0.2, 0.25) is 0 Å². The number of rotatable bonds is 8. The Morgan fingerprint density at radius 2 is 1.97 bits per heavy atom. The van der Waals surface area contributed by atoms with Gasteiger partial charge < -0.3 is 14.5 Å². The van der Waals surface area contributed by atoms with Gasteiger partial charge in [-0.3, -0.25) is 14.5 Å². The number of thioether (sulfide) groups is 1. The summed E-state index contributed by atoms with van der Waals surface area (Å²) in [6.07, 6.45) is 5.08. The predicted octanol–water partition coefficient (Wildman–Crippen LogP) is 5.99. The minimum atomic E-state index is -0.259. The van der Waals surface area contributed by atoms with Crippen molar-refractivity contribution in [2.24, 2.45) is 5.92 Å². The van der Waals surface area contributed by atoms with Crippen LogP contribution >= 0.6 is 23.1 Å². The van der Waals surface area contributed by atoms with E-state index in [2.05, 4.69) is 53.7 Å². The molecule has 4 rings (SSSR count). The second-order valence-electron chi connectivity index (χ2n) is 8.31. The molecule has 1 amide bonds. The Labute approximate surface area is 208 Å². The van der Waals surface area contributed by atoms with Crippen LogP contribution < -0.4 is 5.32 Å². The highest BCUT2D eigenvalue weighted by Gasteiger charge is 2.33. The monoisotopic (exact) mass is 498 g/mol. The summed E-state index contributed by atoms with van der Waals surface area (Å²) >= 11 is 3.28. The molecule has 1 atom stereocenters. The number of amides is 1. The largest absolute Gasteiger partial charge is 0.466 e. The van der Waals surface area contributed by atoms with Gasteiger partial charge in [0.05, 0.1) is 24.8 Å². The Morgan fingerprint density at radius 3 is 2.59 bits per heavy atom. The molecule has 1 aliphatic heterocycles. The van der Waals surface area contributed by atoms with Gasteiger partial charge in [-0.1, -0.05) is 12.1 Å². The van der Waals surface area contributed by atoms with Crippen LogP contribution in [0.5, 0.6) is 0 Å². The number of esters is 1. The number of hydrogen-bond donors (Lipinski definition) is 1. The Morgan fingerprint density at radius 1 is 1.24 bits per heavy atom. The third kappa shape index (κ3) is 5.56. The fraction of sp³-hybridized carbons (Fsp3) is 0.385. The maximum atomic E-state index is 12.8. The van der Waals surface area contributed by atoms with Crippen molar-refractivity contribution in [1.82, 2.24) is 4.90 Å². The van der Waals surface area contributed by atoms with Crippen molar-refractivity contribution in [1.29, 1.82) is 0 Å². The first-order valence-corrected chi connectivity index (χ1v) is 13.5. The van der Waals surface area contributed by atoms with E-state index in [1.165, 1.54) is 16.7 Å². The van der Waals surface area contributed by atoms with Crippen molar-refractivity contribution in [3.8, 4) is 0 Å². The molecule has 1 fully saturated rings. The van der Waals surface area contributed by atoms with Crippen molar-refractivity contribution in [3.05, 3.63) is 70.5 Å². The summed E-state index contributed by atoms with van der Waals surface area (Å²) in [6, 6.07) is 14.1. The van der Waals surface area contributed by atoms with Gasteiger partial charge in [0.1, 0.15) is 5.00 Å².